The summed E-state index contributed by atoms with van der Waals surface area (Å²) in [6.07, 6.45) is 4.71. The highest BCUT2D eigenvalue weighted by atomic mass is 16.5. The summed E-state index contributed by atoms with van der Waals surface area (Å²) in [7, 11) is 0. The fourth-order valence-electron chi connectivity index (χ4n) is 2.92. The first kappa shape index (κ1) is 17.8. The van der Waals surface area contributed by atoms with E-state index >= 15 is 0 Å². The van der Waals surface area contributed by atoms with Crippen LogP contribution >= 0.6 is 0 Å². The zero-order chi connectivity index (χ0) is 18.4. The summed E-state index contributed by atoms with van der Waals surface area (Å²) in [6, 6.07) is 13.7. The summed E-state index contributed by atoms with van der Waals surface area (Å²) in [6.45, 7) is -0.433. The number of aliphatic carboxylic acids is 1. The minimum Gasteiger partial charge on any atom is -0.490 e. The predicted molar refractivity (Wildman–Crippen MR) is 96.9 cm³/mol. The second-order valence-corrected chi connectivity index (χ2v) is 6.22. The maximum Gasteiger partial charge on any atom is 0.341 e. The van der Waals surface area contributed by atoms with Crippen molar-refractivity contribution < 1.29 is 24.2 Å². The molecular formula is C20H21NO5. The van der Waals surface area contributed by atoms with Gasteiger partial charge in [-0.3, -0.25) is 4.79 Å². The predicted octanol–water partition coefficient (Wildman–Crippen LogP) is 3.72. The molecule has 6 nitrogen and oxygen atoms in total. The van der Waals surface area contributed by atoms with Crippen LogP contribution < -0.4 is 14.8 Å². The zero-order valence-electron chi connectivity index (χ0n) is 14.3. The maximum atomic E-state index is 12.5. The Morgan fingerprint density at radius 2 is 1.77 bits per heavy atom. The Bertz CT molecular complexity index is 783. The van der Waals surface area contributed by atoms with Crippen LogP contribution in [0.15, 0.2) is 48.5 Å². The fraction of sp³-hybridized carbons (Fsp3) is 0.300. The van der Waals surface area contributed by atoms with E-state index < -0.39 is 12.6 Å². The smallest absolute Gasteiger partial charge is 0.341 e. The van der Waals surface area contributed by atoms with Crippen molar-refractivity contribution >= 4 is 17.6 Å². The molecule has 0 spiro atoms. The minimum absolute atomic E-state index is 0.233. The van der Waals surface area contributed by atoms with Crippen LogP contribution in [0.5, 0.6) is 11.5 Å². The number of carboxylic acid groups (broad SMARTS) is 1. The Morgan fingerprint density at radius 3 is 2.54 bits per heavy atom. The molecule has 0 saturated heterocycles. The van der Waals surface area contributed by atoms with Crippen molar-refractivity contribution in [3.8, 4) is 11.5 Å². The van der Waals surface area contributed by atoms with Crippen LogP contribution in [0.4, 0.5) is 5.69 Å². The van der Waals surface area contributed by atoms with E-state index in [0.717, 1.165) is 12.8 Å². The lowest BCUT2D eigenvalue weighted by Crippen LogP contribution is -2.14. The van der Waals surface area contributed by atoms with Gasteiger partial charge in [-0.05, 0) is 56.0 Å². The summed E-state index contributed by atoms with van der Waals surface area (Å²) in [5.41, 5.74) is 1.03. The number of anilines is 1. The number of amides is 1. The molecule has 1 aliphatic carbocycles. The standard InChI is InChI=1S/C20H21NO5/c22-19(23)13-25-17-9-4-6-15(12-17)21-20(24)14-5-3-10-18(11-14)26-16-7-1-2-8-16/h3-6,9-12,16H,1-2,7-8,13H2,(H,21,24)(H,22,23). The van der Waals surface area contributed by atoms with Crippen molar-refractivity contribution in [1.82, 2.24) is 0 Å². The Balaban J connectivity index is 1.64. The van der Waals surface area contributed by atoms with Crippen LogP contribution in [0.3, 0.4) is 0 Å². The molecular weight excluding hydrogens is 334 g/mol. The van der Waals surface area contributed by atoms with Gasteiger partial charge in [0.2, 0.25) is 0 Å². The fourth-order valence-corrected chi connectivity index (χ4v) is 2.92. The normalized spacial score (nSPS) is 14.0. The molecule has 26 heavy (non-hydrogen) atoms. The van der Waals surface area contributed by atoms with Gasteiger partial charge < -0.3 is 19.9 Å². The van der Waals surface area contributed by atoms with E-state index in [1.807, 2.05) is 6.07 Å². The summed E-state index contributed by atoms with van der Waals surface area (Å²) < 4.78 is 11.1. The highest BCUT2D eigenvalue weighted by Crippen LogP contribution is 2.25. The highest BCUT2D eigenvalue weighted by Gasteiger charge is 2.17. The number of ether oxygens (including phenoxy) is 2. The van der Waals surface area contributed by atoms with E-state index in [1.165, 1.54) is 12.8 Å². The third kappa shape index (κ3) is 4.99. The maximum absolute atomic E-state index is 12.5. The van der Waals surface area contributed by atoms with Crippen LogP contribution in [0.1, 0.15) is 36.0 Å². The number of carboxylic acids is 1. The SMILES string of the molecule is O=C(O)COc1cccc(NC(=O)c2cccc(OC3CCCC3)c2)c1. The Hall–Kier alpha value is -3.02. The van der Waals surface area contributed by atoms with E-state index in [1.54, 1.807) is 42.5 Å². The number of carbonyl (C=O) groups excluding carboxylic acids is 1. The Morgan fingerprint density at radius 1 is 1.04 bits per heavy atom. The van der Waals surface area contributed by atoms with Gasteiger partial charge in [-0.25, -0.2) is 4.79 Å². The van der Waals surface area contributed by atoms with Gasteiger partial charge in [-0.2, -0.15) is 0 Å². The van der Waals surface area contributed by atoms with Crippen LogP contribution in [-0.4, -0.2) is 29.7 Å². The molecule has 1 fully saturated rings. The molecule has 2 aromatic rings. The molecule has 0 unspecified atom stereocenters. The molecule has 1 amide bonds. The number of hydrogen-bond donors (Lipinski definition) is 2. The molecule has 3 rings (SSSR count). The molecule has 0 bridgehead atoms. The Kier molecular flexibility index (Phi) is 5.73. The summed E-state index contributed by atoms with van der Waals surface area (Å²) in [4.78, 5) is 23.0. The van der Waals surface area contributed by atoms with Crippen molar-refractivity contribution in [3.63, 3.8) is 0 Å². The van der Waals surface area contributed by atoms with Crippen molar-refractivity contribution in [3.05, 3.63) is 54.1 Å². The number of hydrogen-bond acceptors (Lipinski definition) is 4. The zero-order valence-corrected chi connectivity index (χ0v) is 14.3. The lowest BCUT2D eigenvalue weighted by atomic mass is 10.2. The molecule has 2 aromatic carbocycles. The van der Waals surface area contributed by atoms with Gasteiger partial charge in [0.15, 0.2) is 6.61 Å². The number of rotatable bonds is 7. The van der Waals surface area contributed by atoms with Gasteiger partial charge >= 0.3 is 5.97 Å². The topological polar surface area (TPSA) is 84.9 Å². The lowest BCUT2D eigenvalue weighted by molar-refractivity contribution is -0.139. The Labute approximate surface area is 151 Å². The van der Waals surface area contributed by atoms with E-state index in [9.17, 15) is 9.59 Å². The van der Waals surface area contributed by atoms with Crippen molar-refractivity contribution in [1.29, 1.82) is 0 Å². The van der Waals surface area contributed by atoms with Crippen molar-refractivity contribution in [2.75, 3.05) is 11.9 Å². The van der Waals surface area contributed by atoms with Gasteiger partial charge in [0, 0.05) is 17.3 Å². The first-order valence-electron chi connectivity index (χ1n) is 8.63. The molecule has 0 aliphatic heterocycles. The molecule has 1 aliphatic rings. The highest BCUT2D eigenvalue weighted by molar-refractivity contribution is 6.04. The van der Waals surface area contributed by atoms with Gasteiger partial charge in [0.1, 0.15) is 11.5 Å². The van der Waals surface area contributed by atoms with E-state index in [0.29, 0.717) is 22.7 Å². The van der Waals surface area contributed by atoms with Crippen molar-refractivity contribution in [2.24, 2.45) is 0 Å². The number of carbonyl (C=O) groups is 2. The van der Waals surface area contributed by atoms with Crippen LogP contribution in [0.25, 0.3) is 0 Å². The second kappa shape index (κ2) is 8.38. The first-order valence-corrected chi connectivity index (χ1v) is 8.63. The largest absolute Gasteiger partial charge is 0.490 e. The van der Waals surface area contributed by atoms with Crippen LogP contribution in [0, 0.1) is 0 Å². The average Bonchev–Trinajstić information content (AvgIpc) is 3.13. The summed E-state index contributed by atoms with van der Waals surface area (Å²) in [5.74, 6) is -0.248. The monoisotopic (exact) mass is 355 g/mol. The summed E-state index contributed by atoms with van der Waals surface area (Å²) >= 11 is 0. The number of benzene rings is 2. The molecule has 0 heterocycles. The minimum atomic E-state index is -1.06. The van der Waals surface area contributed by atoms with Gasteiger partial charge in [-0.15, -0.1) is 0 Å². The van der Waals surface area contributed by atoms with Gasteiger partial charge in [0.05, 0.1) is 6.10 Å². The molecule has 6 heteroatoms. The lowest BCUT2D eigenvalue weighted by Gasteiger charge is -2.14. The van der Waals surface area contributed by atoms with Gasteiger partial charge in [0.25, 0.3) is 5.91 Å². The van der Waals surface area contributed by atoms with Gasteiger partial charge in [-0.1, -0.05) is 12.1 Å². The molecule has 1 saturated carbocycles. The third-order valence-electron chi connectivity index (χ3n) is 4.16. The van der Waals surface area contributed by atoms with Crippen LogP contribution in [-0.2, 0) is 4.79 Å². The molecule has 0 atom stereocenters. The van der Waals surface area contributed by atoms with E-state index in [-0.39, 0.29) is 12.0 Å². The summed E-state index contributed by atoms with van der Waals surface area (Å²) in [5, 5.41) is 11.4. The van der Waals surface area contributed by atoms with Crippen LogP contribution in [0.2, 0.25) is 0 Å². The third-order valence-corrected chi connectivity index (χ3v) is 4.16. The second-order valence-electron chi connectivity index (χ2n) is 6.22. The molecule has 2 N–H and O–H groups in total. The molecule has 136 valence electrons. The molecule has 0 aromatic heterocycles. The first-order chi connectivity index (χ1) is 12.6. The van der Waals surface area contributed by atoms with E-state index in [4.69, 9.17) is 14.6 Å². The van der Waals surface area contributed by atoms with E-state index in [2.05, 4.69) is 5.32 Å². The number of nitrogens with one attached hydrogen (secondary N) is 1. The molecule has 0 radical (unpaired) electrons. The average molecular weight is 355 g/mol. The van der Waals surface area contributed by atoms with Crippen molar-refractivity contribution in [2.45, 2.75) is 31.8 Å². The quantitative estimate of drug-likeness (QED) is 0.791.